The summed E-state index contributed by atoms with van der Waals surface area (Å²) >= 11 is 0. The van der Waals surface area contributed by atoms with Crippen LogP contribution in [0.5, 0.6) is 0 Å². The van der Waals surface area contributed by atoms with Crippen molar-refractivity contribution in [1.29, 1.82) is 0 Å². The van der Waals surface area contributed by atoms with Crippen LogP contribution in [-0.2, 0) is 6.54 Å². The molecular formula is C19H15N5O. The number of aromatic nitrogens is 4. The highest BCUT2D eigenvalue weighted by Crippen LogP contribution is 2.13. The standard InChI is InChI=1S/C19H15N5O/c25-19(17-13-20-15-7-2-3-8-16(15)23-17)21-12-14-6-1-4-9-18(14)24-11-5-10-22-24/h1-11,13H,12H2,(H,21,25). The molecule has 0 spiro atoms. The summed E-state index contributed by atoms with van der Waals surface area (Å²) in [5.41, 5.74) is 3.66. The van der Waals surface area contributed by atoms with Crippen LogP contribution in [0.15, 0.2) is 73.2 Å². The first-order valence-corrected chi connectivity index (χ1v) is 7.89. The van der Waals surface area contributed by atoms with Crippen LogP contribution in [0.3, 0.4) is 0 Å². The first-order chi connectivity index (χ1) is 12.3. The van der Waals surface area contributed by atoms with E-state index in [9.17, 15) is 4.79 Å². The molecule has 0 saturated heterocycles. The zero-order valence-corrected chi connectivity index (χ0v) is 13.3. The Labute approximate surface area is 144 Å². The third-order valence-corrected chi connectivity index (χ3v) is 3.86. The van der Waals surface area contributed by atoms with E-state index >= 15 is 0 Å². The Morgan fingerprint density at radius 3 is 2.64 bits per heavy atom. The second-order valence-corrected chi connectivity index (χ2v) is 5.51. The molecule has 0 atom stereocenters. The van der Waals surface area contributed by atoms with Crippen LogP contribution in [0.1, 0.15) is 16.1 Å². The largest absolute Gasteiger partial charge is 0.346 e. The number of carbonyl (C=O) groups is 1. The van der Waals surface area contributed by atoms with Crippen LogP contribution >= 0.6 is 0 Å². The Kier molecular flexibility index (Phi) is 3.92. The van der Waals surface area contributed by atoms with E-state index < -0.39 is 0 Å². The third kappa shape index (κ3) is 3.10. The molecular weight excluding hydrogens is 314 g/mol. The number of nitrogens with one attached hydrogen (secondary N) is 1. The molecule has 2 aromatic carbocycles. The van der Waals surface area contributed by atoms with E-state index in [-0.39, 0.29) is 5.91 Å². The molecule has 2 heterocycles. The van der Waals surface area contributed by atoms with Crippen molar-refractivity contribution < 1.29 is 4.79 Å². The predicted octanol–water partition coefficient (Wildman–Crippen LogP) is 2.75. The van der Waals surface area contributed by atoms with Gasteiger partial charge in [-0.15, -0.1) is 0 Å². The maximum absolute atomic E-state index is 12.4. The van der Waals surface area contributed by atoms with Crippen molar-refractivity contribution in [2.24, 2.45) is 0 Å². The minimum Gasteiger partial charge on any atom is -0.346 e. The van der Waals surface area contributed by atoms with Crippen LogP contribution in [0, 0.1) is 0 Å². The molecule has 0 aliphatic rings. The van der Waals surface area contributed by atoms with Crippen molar-refractivity contribution in [2.75, 3.05) is 0 Å². The van der Waals surface area contributed by atoms with Gasteiger partial charge in [0.2, 0.25) is 0 Å². The summed E-state index contributed by atoms with van der Waals surface area (Å²) in [5, 5.41) is 7.15. The summed E-state index contributed by atoms with van der Waals surface area (Å²) < 4.78 is 1.78. The van der Waals surface area contributed by atoms with E-state index in [4.69, 9.17) is 0 Å². The summed E-state index contributed by atoms with van der Waals surface area (Å²) in [7, 11) is 0. The topological polar surface area (TPSA) is 72.7 Å². The van der Waals surface area contributed by atoms with Gasteiger partial charge >= 0.3 is 0 Å². The molecule has 122 valence electrons. The van der Waals surface area contributed by atoms with Gasteiger partial charge in [0.05, 0.1) is 22.9 Å². The average Bonchev–Trinajstić information content (AvgIpc) is 3.20. The molecule has 0 fully saturated rings. The van der Waals surface area contributed by atoms with Gasteiger partial charge in [-0.3, -0.25) is 9.78 Å². The zero-order chi connectivity index (χ0) is 17.1. The lowest BCUT2D eigenvalue weighted by molar-refractivity contribution is 0.0946. The lowest BCUT2D eigenvalue weighted by Gasteiger charge is -2.10. The van der Waals surface area contributed by atoms with Gasteiger partial charge in [-0.25, -0.2) is 9.67 Å². The van der Waals surface area contributed by atoms with E-state index in [0.29, 0.717) is 17.8 Å². The Bertz CT molecular complexity index is 1030. The minimum absolute atomic E-state index is 0.256. The van der Waals surface area contributed by atoms with Gasteiger partial charge in [0, 0.05) is 18.9 Å². The molecule has 1 amide bonds. The lowest BCUT2D eigenvalue weighted by Crippen LogP contribution is -2.24. The highest BCUT2D eigenvalue weighted by molar-refractivity contribution is 5.93. The first kappa shape index (κ1) is 15.0. The molecule has 0 saturated carbocycles. The zero-order valence-electron chi connectivity index (χ0n) is 13.3. The maximum atomic E-state index is 12.4. The number of amides is 1. The lowest BCUT2D eigenvalue weighted by atomic mass is 10.1. The Morgan fingerprint density at radius 1 is 1.00 bits per heavy atom. The molecule has 6 heteroatoms. The fraction of sp³-hybridized carbons (Fsp3) is 0.0526. The summed E-state index contributed by atoms with van der Waals surface area (Å²) in [4.78, 5) is 21.1. The van der Waals surface area contributed by atoms with Crippen molar-refractivity contribution >= 4 is 16.9 Å². The van der Waals surface area contributed by atoms with E-state index in [1.54, 1.807) is 10.9 Å². The van der Waals surface area contributed by atoms with Gasteiger partial charge in [0.1, 0.15) is 5.69 Å². The summed E-state index contributed by atoms with van der Waals surface area (Å²) in [5.74, 6) is -0.256. The van der Waals surface area contributed by atoms with Crippen LogP contribution < -0.4 is 5.32 Å². The van der Waals surface area contributed by atoms with Crippen LogP contribution in [0.4, 0.5) is 0 Å². The van der Waals surface area contributed by atoms with Gasteiger partial charge < -0.3 is 5.32 Å². The molecule has 0 unspecified atom stereocenters. The minimum atomic E-state index is -0.256. The fourth-order valence-electron chi connectivity index (χ4n) is 2.63. The monoisotopic (exact) mass is 329 g/mol. The molecule has 2 aromatic heterocycles. The number of hydrogen-bond acceptors (Lipinski definition) is 4. The molecule has 0 aliphatic carbocycles. The molecule has 4 aromatic rings. The fourth-order valence-corrected chi connectivity index (χ4v) is 2.63. The number of para-hydroxylation sites is 3. The molecule has 1 N–H and O–H groups in total. The van der Waals surface area contributed by atoms with E-state index in [1.165, 1.54) is 6.20 Å². The average molecular weight is 329 g/mol. The number of fused-ring (bicyclic) bond motifs is 1. The highest BCUT2D eigenvalue weighted by atomic mass is 16.1. The first-order valence-electron chi connectivity index (χ1n) is 7.89. The quantitative estimate of drug-likeness (QED) is 0.625. The molecule has 4 rings (SSSR count). The van der Waals surface area contributed by atoms with Gasteiger partial charge in [-0.2, -0.15) is 5.10 Å². The van der Waals surface area contributed by atoms with E-state index in [0.717, 1.165) is 16.8 Å². The number of nitrogens with zero attached hydrogens (tertiary/aromatic N) is 4. The number of carbonyl (C=O) groups excluding carboxylic acids is 1. The summed E-state index contributed by atoms with van der Waals surface area (Å²) in [6.45, 7) is 0.378. The van der Waals surface area contributed by atoms with Crippen LogP contribution in [-0.4, -0.2) is 25.7 Å². The van der Waals surface area contributed by atoms with Gasteiger partial charge in [0.25, 0.3) is 5.91 Å². The number of rotatable bonds is 4. The second kappa shape index (κ2) is 6.52. The molecule has 0 radical (unpaired) electrons. The van der Waals surface area contributed by atoms with Crippen molar-refractivity contribution in [2.45, 2.75) is 6.54 Å². The Balaban J connectivity index is 1.54. The number of hydrogen-bond donors (Lipinski definition) is 1. The van der Waals surface area contributed by atoms with E-state index in [1.807, 2.05) is 60.8 Å². The second-order valence-electron chi connectivity index (χ2n) is 5.51. The molecule has 0 bridgehead atoms. The van der Waals surface area contributed by atoms with Gasteiger partial charge in [0.15, 0.2) is 0 Å². The van der Waals surface area contributed by atoms with Crippen LogP contribution in [0.2, 0.25) is 0 Å². The Hall–Kier alpha value is -3.54. The van der Waals surface area contributed by atoms with Crippen LogP contribution in [0.25, 0.3) is 16.7 Å². The van der Waals surface area contributed by atoms with E-state index in [2.05, 4.69) is 20.4 Å². The van der Waals surface area contributed by atoms with Crippen molar-refractivity contribution in [3.63, 3.8) is 0 Å². The third-order valence-electron chi connectivity index (χ3n) is 3.86. The van der Waals surface area contributed by atoms with Crippen molar-refractivity contribution in [1.82, 2.24) is 25.1 Å². The molecule has 25 heavy (non-hydrogen) atoms. The van der Waals surface area contributed by atoms with Gasteiger partial charge in [-0.1, -0.05) is 30.3 Å². The molecule has 6 nitrogen and oxygen atoms in total. The summed E-state index contributed by atoms with van der Waals surface area (Å²) in [6.07, 6.45) is 5.09. The molecule has 0 aliphatic heterocycles. The SMILES string of the molecule is O=C(NCc1ccccc1-n1cccn1)c1cnc2ccccc2n1. The summed E-state index contributed by atoms with van der Waals surface area (Å²) in [6, 6.07) is 17.1. The maximum Gasteiger partial charge on any atom is 0.271 e. The van der Waals surface area contributed by atoms with Crippen molar-refractivity contribution in [3.8, 4) is 5.69 Å². The predicted molar refractivity (Wildman–Crippen MR) is 94.3 cm³/mol. The Morgan fingerprint density at radius 2 is 1.80 bits per heavy atom. The smallest absolute Gasteiger partial charge is 0.271 e. The van der Waals surface area contributed by atoms with Gasteiger partial charge in [-0.05, 0) is 29.8 Å². The number of benzene rings is 2. The normalized spacial score (nSPS) is 10.7. The highest BCUT2D eigenvalue weighted by Gasteiger charge is 2.10. The van der Waals surface area contributed by atoms with Crippen molar-refractivity contribution in [3.05, 3.63) is 84.4 Å².